The van der Waals surface area contributed by atoms with E-state index in [0.29, 0.717) is 0 Å². The Morgan fingerprint density at radius 1 is 1.24 bits per heavy atom. The molecule has 2 aromatic rings. The number of hydrogen-bond donors (Lipinski definition) is 2. The maximum absolute atomic E-state index is 10.5. The summed E-state index contributed by atoms with van der Waals surface area (Å²) in [5.41, 5.74) is 1.32. The quantitative estimate of drug-likeness (QED) is 0.834. The van der Waals surface area contributed by atoms with Gasteiger partial charge in [-0.05, 0) is 31.0 Å². The van der Waals surface area contributed by atoms with Crippen LogP contribution in [0.2, 0.25) is 0 Å². The van der Waals surface area contributed by atoms with Gasteiger partial charge in [-0.3, -0.25) is 0 Å². The zero-order chi connectivity index (χ0) is 11.9. The molecule has 0 aliphatic heterocycles. The summed E-state index contributed by atoms with van der Waals surface area (Å²) >= 11 is 0. The Labute approximate surface area is 100 Å². The van der Waals surface area contributed by atoms with Crippen molar-refractivity contribution in [3.8, 4) is 5.75 Å². The second-order valence-corrected chi connectivity index (χ2v) is 4.87. The van der Waals surface area contributed by atoms with Gasteiger partial charge in [0.1, 0.15) is 11.4 Å². The van der Waals surface area contributed by atoms with E-state index < -0.39 is 5.60 Å². The second-order valence-electron chi connectivity index (χ2n) is 4.87. The highest BCUT2D eigenvalue weighted by Crippen LogP contribution is 2.39. The summed E-state index contributed by atoms with van der Waals surface area (Å²) in [6.07, 6.45) is 3.93. The molecule has 0 unspecified atom stereocenters. The summed E-state index contributed by atoms with van der Waals surface area (Å²) in [6, 6.07) is 7.99. The van der Waals surface area contributed by atoms with Crippen LogP contribution >= 0.6 is 0 Å². The minimum absolute atomic E-state index is 0.647. The minimum Gasteiger partial charge on any atom is -0.497 e. The lowest BCUT2D eigenvalue weighted by Gasteiger charge is -2.20. The van der Waals surface area contributed by atoms with E-state index in [0.717, 1.165) is 48.0 Å². The molecule has 1 fully saturated rings. The highest BCUT2D eigenvalue weighted by atomic mass is 16.5. The summed E-state index contributed by atoms with van der Waals surface area (Å²) in [7, 11) is 1.66. The van der Waals surface area contributed by atoms with Gasteiger partial charge in [0.05, 0.1) is 7.11 Å². The molecule has 1 aromatic heterocycles. The van der Waals surface area contributed by atoms with Gasteiger partial charge in [0.2, 0.25) is 0 Å². The molecule has 1 heterocycles. The van der Waals surface area contributed by atoms with Crippen LogP contribution in [-0.4, -0.2) is 17.2 Å². The van der Waals surface area contributed by atoms with Crippen LogP contribution in [0.4, 0.5) is 0 Å². The van der Waals surface area contributed by atoms with Crippen LogP contribution < -0.4 is 4.74 Å². The van der Waals surface area contributed by atoms with Gasteiger partial charge in [0.25, 0.3) is 0 Å². The van der Waals surface area contributed by atoms with E-state index in [9.17, 15) is 5.11 Å². The molecule has 0 saturated heterocycles. The predicted molar refractivity (Wildman–Crippen MR) is 67.2 cm³/mol. The fraction of sp³-hybridized carbons (Fsp3) is 0.429. The Kier molecular flexibility index (Phi) is 2.37. The highest BCUT2D eigenvalue weighted by Gasteiger charge is 2.34. The van der Waals surface area contributed by atoms with Crippen LogP contribution in [0.25, 0.3) is 10.9 Å². The average Bonchev–Trinajstić information content (AvgIpc) is 2.94. The number of rotatable bonds is 2. The Bertz CT molecular complexity index is 538. The lowest BCUT2D eigenvalue weighted by Crippen LogP contribution is -2.21. The van der Waals surface area contributed by atoms with Crippen molar-refractivity contribution >= 4 is 10.9 Å². The normalized spacial score (nSPS) is 18.7. The number of aromatic amines is 1. The van der Waals surface area contributed by atoms with Crippen molar-refractivity contribution in [1.82, 2.24) is 4.98 Å². The van der Waals surface area contributed by atoms with Crippen molar-refractivity contribution in [3.05, 3.63) is 30.0 Å². The zero-order valence-electron chi connectivity index (χ0n) is 9.99. The van der Waals surface area contributed by atoms with Gasteiger partial charge in [-0.15, -0.1) is 0 Å². The summed E-state index contributed by atoms with van der Waals surface area (Å²) in [5.74, 6) is 0.837. The molecule has 2 N–H and O–H groups in total. The largest absolute Gasteiger partial charge is 0.497 e. The highest BCUT2D eigenvalue weighted by molar-refractivity contribution is 5.82. The molecule has 90 valence electrons. The monoisotopic (exact) mass is 231 g/mol. The molecule has 1 aliphatic rings. The number of methoxy groups -OCH3 is 1. The summed E-state index contributed by atoms with van der Waals surface area (Å²) in [6.45, 7) is 0. The lowest BCUT2D eigenvalue weighted by molar-refractivity contribution is 0.0407. The molecule has 0 spiro atoms. The molecule has 1 aromatic carbocycles. The van der Waals surface area contributed by atoms with E-state index in [2.05, 4.69) is 11.1 Å². The number of H-pyrrole nitrogens is 1. The number of fused-ring (bicyclic) bond motifs is 1. The smallest absolute Gasteiger partial charge is 0.120 e. The Balaban J connectivity index is 2.07. The standard InChI is InChI=1S/C14H17NO2/c1-17-11-5-4-10-8-13(15-12(10)9-11)14(16)6-2-3-7-14/h4-5,8-9,15-16H,2-3,6-7H2,1H3. The SMILES string of the molecule is COc1ccc2cc(C3(O)CCCC3)[nH]c2c1. The fourth-order valence-electron chi connectivity index (χ4n) is 2.71. The molecular weight excluding hydrogens is 214 g/mol. The molecule has 3 heteroatoms. The van der Waals surface area contributed by atoms with E-state index in [4.69, 9.17) is 4.74 Å². The summed E-state index contributed by atoms with van der Waals surface area (Å²) in [5, 5.41) is 11.7. The van der Waals surface area contributed by atoms with E-state index in [1.165, 1.54) is 0 Å². The van der Waals surface area contributed by atoms with Gasteiger partial charge < -0.3 is 14.8 Å². The topological polar surface area (TPSA) is 45.2 Å². The molecule has 0 bridgehead atoms. The number of aliphatic hydroxyl groups is 1. The maximum Gasteiger partial charge on any atom is 0.120 e. The molecule has 3 rings (SSSR count). The Morgan fingerprint density at radius 3 is 2.71 bits per heavy atom. The van der Waals surface area contributed by atoms with Crippen molar-refractivity contribution < 1.29 is 9.84 Å². The third-order valence-corrected chi connectivity index (χ3v) is 3.76. The summed E-state index contributed by atoms with van der Waals surface area (Å²) in [4.78, 5) is 3.32. The van der Waals surface area contributed by atoms with Crippen molar-refractivity contribution in [1.29, 1.82) is 0 Å². The summed E-state index contributed by atoms with van der Waals surface area (Å²) < 4.78 is 5.20. The number of ether oxygens (including phenoxy) is 1. The van der Waals surface area contributed by atoms with Crippen molar-refractivity contribution in [3.63, 3.8) is 0 Å². The zero-order valence-corrected chi connectivity index (χ0v) is 9.99. The van der Waals surface area contributed by atoms with Gasteiger partial charge in [-0.2, -0.15) is 0 Å². The predicted octanol–water partition coefficient (Wildman–Crippen LogP) is 2.94. The molecule has 1 aliphatic carbocycles. The Morgan fingerprint density at radius 2 is 2.00 bits per heavy atom. The first kappa shape index (κ1) is 10.7. The third-order valence-electron chi connectivity index (χ3n) is 3.76. The molecular formula is C14H17NO2. The van der Waals surface area contributed by atoms with Crippen molar-refractivity contribution in [2.75, 3.05) is 7.11 Å². The van der Waals surface area contributed by atoms with Crippen LogP contribution in [0, 0.1) is 0 Å². The number of hydrogen-bond acceptors (Lipinski definition) is 2. The Hall–Kier alpha value is -1.48. The van der Waals surface area contributed by atoms with E-state index in [-0.39, 0.29) is 0 Å². The lowest BCUT2D eigenvalue weighted by atomic mass is 9.98. The fourth-order valence-corrected chi connectivity index (χ4v) is 2.71. The van der Waals surface area contributed by atoms with Crippen molar-refractivity contribution in [2.45, 2.75) is 31.3 Å². The first-order chi connectivity index (χ1) is 8.21. The molecule has 1 saturated carbocycles. The number of aromatic nitrogens is 1. The van der Waals surface area contributed by atoms with E-state index in [1.54, 1.807) is 7.11 Å². The average molecular weight is 231 g/mol. The molecule has 0 amide bonds. The van der Waals surface area contributed by atoms with E-state index >= 15 is 0 Å². The first-order valence-electron chi connectivity index (χ1n) is 6.11. The molecule has 17 heavy (non-hydrogen) atoms. The van der Waals surface area contributed by atoms with Gasteiger partial charge in [-0.1, -0.05) is 12.8 Å². The minimum atomic E-state index is -0.647. The van der Waals surface area contributed by atoms with Crippen LogP contribution in [0.1, 0.15) is 31.4 Å². The van der Waals surface area contributed by atoms with Gasteiger partial charge in [0.15, 0.2) is 0 Å². The maximum atomic E-state index is 10.5. The van der Waals surface area contributed by atoms with E-state index in [1.807, 2.05) is 18.2 Å². The van der Waals surface area contributed by atoms with Crippen LogP contribution in [-0.2, 0) is 5.60 Å². The second kappa shape index (κ2) is 3.77. The van der Waals surface area contributed by atoms with Crippen LogP contribution in [0.5, 0.6) is 5.75 Å². The van der Waals surface area contributed by atoms with Gasteiger partial charge >= 0.3 is 0 Å². The van der Waals surface area contributed by atoms with Gasteiger partial charge in [0, 0.05) is 22.7 Å². The first-order valence-corrected chi connectivity index (χ1v) is 6.11. The number of nitrogens with one attached hydrogen (secondary N) is 1. The molecule has 0 atom stereocenters. The molecule has 0 radical (unpaired) electrons. The van der Waals surface area contributed by atoms with Crippen molar-refractivity contribution in [2.24, 2.45) is 0 Å². The van der Waals surface area contributed by atoms with Crippen LogP contribution in [0.3, 0.4) is 0 Å². The van der Waals surface area contributed by atoms with Crippen LogP contribution in [0.15, 0.2) is 24.3 Å². The molecule has 3 nitrogen and oxygen atoms in total. The number of benzene rings is 1. The third kappa shape index (κ3) is 1.71. The van der Waals surface area contributed by atoms with Gasteiger partial charge in [-0.25, -0.2) is 0 Å².